The number of hydrogen-bond donors (Lipinski definition) is 3. The van der Waals surface area contributed by atoms with E-state index in [1.165, 1.54) is 11.1 Å². The van der Waals surface area contributed by atoms with Crippen molar-refractivity contribution in [3.8, 4) is 23.0 Å². The second-order valence-corrected chi connectivity index (χ2v) is 8.17. The van der Waals surface area contributed by atoms with Gasteiger partial charge in [-0.05, 0) is 30.3 Å². The van der Waals surface area contributed by atoms with Crippen molar-refractivity contribution in [3.05, 3.63) is 82.9 Å². The molecule has 2 aliphatic rings. The number of hydrogen-bond acceptors (Lipinski definition) is 8. The standard InChI is InChI=1S/C26H26N2O7/c27-28-25(31)19-3-1-2-4-20(19)26(28)21-7-5-17(30)15-23(21)35-24-16-18(6-8-22(24)26)34-14-13-33-12-11-32-10-9-29/h1-8,15-16,29-30H,9-14,27H2. The third-order valence-electron chi connectivity index (χ3n) is 6.15. The van der Waals surface area contributed by atoms with Crippen LogP contribution in [0.3, 0.4) is 0 Å². The number of ether oxygens (including phenoxy) is 4. The number of phenols is 1. The van der Waals surface area contributed by atoms with E-state index < -0.39 is 5.54 Å². The molecule has 0 saturated heterocycles. The molecule has 1 spiro atoms. The molecule has 9 nitrogen and oxygen atoms in total. The third kappa shape index (κ3) is 3.88. The number of benzene rings is 3. The number of aliphatic hydroxyl groups is 1. The van der Waals surface area contributed by atoms with Crippen LogP contribution >= 0.6 is 0 Å². The molecule has 0 saturated carbocycles. The first kappa shape index (κ1) is 23.1. The van der Waals surface area contributed by atoms with Crippen molar-refractivity contribution in [2.45, 2.75) is 5.54 Å². The highest BCUT2D eigenvalue weighted by Gasteiger charge is 2.55. The van der Waals surface area contributed by atoms with Crippen molar-refractivity contribution in [1.29, 1.82) is 0 Å². The van der Waals surface area contributed by atoms with Crippen LogP contribution in [-0.4, -0.2) is 60.8 Å². The van der Waals surface area contributed by atoms with Crippen LogP contribution in [-0.2, 0) is 15.0 Å². The first-order valence-electron chi connectivity index (χ1n) is 11.3. The average Bonchev–Trinajstić information content (AvgIpc) is 3.08. The first-order chi connectivity index (χ1) is 17.1. The molecule has 0 aromatic heterocycles. The first-order valence-corrected chi connectivity index (χ1v) is 11.3. The largest absolute Gasteiger partial charge is 0.508 e. The van der Waals surface area contributed by atoms with Crippen LogP contribution in [0.4, 0.5) is 0 Å². The fraction of sp³-hybridized carbons (Fsp3) is 0.269. The molecule has 0 fully saturated rings. The summed E-state index contributed by atoms with van der Waals surface area (Å²) < 4.78 is 22.6. The Balaban J connectivity index is 1.45. The minimum absolute atomic E-state index is 0.0173. The van der Waals surface area contributed by atoms with Gasteiger partial charge in [-0.15, -0.1) is 0 Å². The SMILES string of the molecule is NN1C(=O)c2ccccc2C12c1ccc(O)cc1Oc1cc(OCCOCCOCCO)ccc12. The van der Waals surface area contributed by atoms with Gasteiger partial charge in [-0.2, -0.15) is 0 Å². The smallest absolute Gasteiger partial charge is 0.269 e. The Hall–Kier alpha value is -3.63. The fourth-order valence-corrected chi connectivity index (χ4v) is 4.69. The van der Waals surface area contributed by atoms with Crippen LogP contribution in [0.15, 0.2) is 60.7 Å². The molecule has 1 unspecified atom stereocenters. The Morgan fingerprint density at radius 1 is 0.857 bits per heavy atom. The molecular weight excluding hydrogens is 452 g/mol. The molecule has 2 heterocycles. The molecule has 1 atom stereocenters. The molecule has 3 aromatic carbocycles. The van der Waals surface area contributed by atoms with E-state index in [9.17, 15) is 9.90 Å². The van der Waals surface area contributed by atoms with Gasteiger partial charge in [0.05, 0.1) is 33.0 Å². The Morgan fingerprint density at radius 2 is 1.54 bits per heavy atom. The molecule has 1 amide bonds. The Kier molecular flexibility index (Phi) is 6.31. The number of nitrogens with two attached hydrogens (primary N) is 1. The summed E-state index contributed by atoms with van der Waals surface area (Å²) in [7, 11) is 0. The fourth-order valence-electron chi connectivity index (χ4n) is 4.69. The van der Waals surface area contributed by atoms with Crippen LogP contribution in [0, 0.1) is 0 Å². The van der Waals surface area contributed by atoms with Crippen LogP contribution in [0.2, 0.25) is 0 Å². The van der Waals surface area contributed by atoms with Crippen LogP contribution in [0.25, 0.3) is 0 Å². The number of aromatic hydroxyl groups is 1. The Bertz CT molecular complexity index is 1250. The van der Waals surface area contributed by atoms with Gasteiger partial charge in [0.2, 0.25) is 0 Å². The number of aliphatic hydroxyl groups excluding tert-OH is 1. The topological polar surface area (TPSA) is 124 Å². The molecule has 4 N–H and O–H groups in total. The van der Waals surface area contributed by atoms with Crippen molar-refractivity contribution in [1.82, 2.24) is 5.01 Å². The number of phenolic OH excluding ortho intramolecular Hbond substituents is 1. The van der Waals surface area contributed by atoms with Crippen LogP contribution < -0.4 is 15.3 Å². The molecule has 182 valence electrons. The molecule has 0 radical (unpaired) electrons. The number of carbonyl (C=O) groups excluding carboxylic acids is 1. The maximum atomic E-state index is 13.2. The minimum atomic E-state index is -1.11. The molecule has 2 aliphatic heterocycles. The van der Waals surface area contributed by atoms with E-state index >= 15 is 0 Å². The summed E-state index contributed by atoms with van der Waals surface area (Å²) in [4.78, 5) is 13.2. The second kappa shape index (κ2) is 9.55. The lowest BCUT2D eigenvalue weighted by atomic mass is 9.75. The Morgan fingerprint density at radius 3 is 2.34 bits per heavy atom. The molecule has 3 aromatic rings. The van der Waals surface area contributed by atoms with Gasteiger partial charge in [-0.3, -0.25) is 9.80 Å². The minimum Gasteiger partial charge on any atom is -0.508 e. The molecule has 35 heavy (non-hydrogen) atoms. The quantitative estimate of drug-likeness (QED) is 0.244. The van der Waals surface area contributed by atoms with Gasteiger partial charge in [0.25, 0.3) is 5.91 Å². The highest BCUT2D eigenvalue weighted by molar-refractivity contribution is 6.01. The second-order valence-electron chi connectivity index (χ2n) is 8.17. The molecule has 0 aliphatic carbocycles. The molecule has 9 heteroatoms. The number of fused-ring (bicyclic) bond motifs is 6. The predicted octanol–water partition coefficient (Wildman–Crippen LogP) is 2.52. The summed E-state index contributed by atoms with van der Waals surface area (Å²) in [5.74, 6) is 7.67. The molecule has 0 bridgehead atoms. The zero-order chi connectivity index (χ0) is 24.4. The van der Waals surface area contributed by atoms with Gasteiger partial charge in [-0.1, -0.05) is 18.2 Å². The number of nitrogens with zero attached hydrogens (tertiary/aromatic N) is 1. The van der Waals surface area contributed by atoms with E-state index in [-0.39, 0.29) is 24.9 Å². The zero-order valence-corrected chi connectivity index (χ0v) is 19.0. The van der Waals surface area contributed by atoms with Crippen molar-refractivity contribution in [3.63, 3.8) is 0 Å². The predicted molar refractivity (Wildman–Crippen MR) is 126 cm³/mol. The molecule has 5 rings (SSSR count). The van der Waals surface area contributed by atoms with Gasteiger partial charge >= 0.3 is 0 Å². The van der Waals surface area contributed by atoms with E-state index in [4.69, 9.17) is 29.9 Å². The van der Waals surface area contributed by atoms with E-state index in [1.807, 2.05) is 18.2 Å². The number of amides is 1. The lowest BCUT2D eigenvalue weighted by molar-refractivity contribution is 0.0247. The lowest BCUT2D eigenvalue weighted by Gasteiger charge is -2.42. The highest BCUT2D eigenvalue weighted by Crippen LogP contribution is 2.57. The van der Waals surface area contributed by atoms with Gasteiger partial charge < -0.3 is 29.2 Å². The average molecular weight is 479 g/mol. The van der Waals surface area contributed by atoms with E-state index in [2.05, 4.69) is 0 Å². The summed E-state index contributed by atoms with van der Waals surface area (Å²) in [6.45, 7) is 1.74. The zero-order valence-electron chi connectivity index (χ0n) is 19.0. The third-order valence-corrected chi connectivity index (χ3v) is 6.15. The number of rotatable bonds is 9. The molecular formula is C26H26N2O7. The van der Waals surface area contributed by atoms with E-state index in [1.54, 1.807) is 36.4 Å². The van der Waals surface area contributed by atoms with Gasteiger partial charge in [0.1, 0.15) is 35.1 Å². The van der Waals surface area contributed by atoms with Gasteiger partial charge in [0.15, 0.2) is 0 Å². The number of carbonyl (C=O) groups is 1. The summed E-state index contributed by atoms with van der Waals surface area (Å²) >= 11 is 0. The Labute approximate surface area is 202 Å². The van der Waals surface area contributed by atoms with Crippen molar-refractivity contribution in [2.24, 2.45) is 5.84 Å². The number of hydrazine groups is 1. The van der Waals surface area contributed by atoms with Gasteiger partial charge in [0, 0.05) is 34.4 Å². The maximum absolute atomic E-state index is 13.2. The maximum Gasteiger partial charge on any atom is 0.269 e. The van der Waals surface area contributed by atoms with Gasteiger partial charge in [-0.25, -0.2) is 5.84 Å². The lowest BCUT2D eigenvalue weighted by Crippen LogP contribution is -2.51. The van der Waals surface area contributed by atoms with E-state index in [0.717, 1.165) is 5.56 Å². The van der Waals surface area contributed by atoms with Crippen LogP contribution in [0.5, 0.6) is 23.0 Å². The van der Waals surface area contributed by atoms with Crippen molar-refractivity contribution < 1.29 is 34.0 Å². The summed E-state index contributed by atoms with van der Waals surface area (Å²) in [6.07, 6.45) is 0. The monoisotopic (exact) mass is 478 g/mol. The van der Waals surface area contributed by atoms with Crippen molar-refractivity contribution >= 4 is 5.91 Å². The van der Waals surface area contributed by atoms with Crippen molar-refractivity contribution in [2.75, 3.05) is 39.6 Å². The highest BCUT2D eigenvalue weighted by atomic mass is 16.5. The normalized spacial score (nSPS) is 17.7. The summed E-state index contributed by atoms with van der Waals surface area (Å²) in [5, 5.41) is 20.1. The summed E-state index contributed by atoms with van der Waals surface area (Å²) in [6, 6.07) is 17.5. The van der Waals surface area contributed by atoms with E-state index in [0.29, 0.717) is 60.4 Å². The summed E-state index contributed by atoms with van der Waals surface area (Å²) in [5.41, 5.74) is 1.51. The van der Waals surface area contributed by atoms with Crippen LogP contribution in [0.1, 0.15) is 27.0 Å².